The van der Waals surface area contributed by atoms with Crippen LogP contribution in [0.1, 0.15) is 18.4 Å². The van der Waals surface area contributed by atoms with Gasteiger partial charge in [0, 0.05) is 12.3 Å². The molecule has 0 saturated heterocycles. The molecule has 2 rings (SSSR count). The Morgan fingerprint density at radius 2 is 1.71 bits per heavy atom. The zero-order chi connectivity index (χ0) is 15.2. The highest BCUT2D eigenvalue weighted by Gasteiger charge is 2.33. The SMILES string of the molecule is O=C(O)[C@H]1CC=CC[C@H]1C(=O)Nc1ccc(CCO)cc1. The number of benzene rings is 1. The number of hydrogen-bond acceptors (Lipinski definition) is 3. The van der Waals surface area contributed by atoms with E-state index >= 15 is 0 Å². The molecule has 0 saturated carbocycles. The molecule has 0 radical (unpaired) electrons. The van der Waals surface area contributed by atoms with Crippen molar-refractivity contribution in [3.63, 3.8) is 0 Å². The minimum absolute atomic E-state index is 0.0837. The van der Waals surface area contributed by atoms with Gasteiger partial charge in [-0.05, 0) is 37.0 Å². The molecule has 0 unspecified atom stereocenters. The molecule has 1 aromatic carbocycles. The van der Waals surface area contributed by atoms with Gasteiger partial charge in [-0.15, -0.1) is 0 Å². The van der Waals surface area contributed by atoms with Crippen LogP contribution in [0.2, 0.25) is 0 Å². The molecule has 0 bridgehead atoms. The molecule has 0 fully saturated rings. The second-order valence-electron chi connectivity index (χ2n) is 5.15. The van der Waals surface area contributed by atoms with Gasteiger partial charge in [0.1, 0.15) is 0 Å². The van der Waals surface area contributed by atoms with Crippen LogP contribution in [-0.2, 0) is 16.0 Å². The van der Waals surface area contributed by atoms with Crippen LogP contribution in [-0.4, -0.2) is 28.7 Å². The number of carboxylic acid groups (broad SMARTS) is 1. The van der Waals surface area contributed by atoms with E-state index in [0.29, 0.717) is 24.9 Å². The minimum Gasteiger partial charge on any atom is -0.481 e. The summed E-state index contributed by atoms with van der Waals surface area (Å²) in [7, 11) is 0. The largest absolute Gasteiger partial charge is 0.481 e. The Kier molecular flexibility index (Phi) is 5.11. The van der Waals surface area contributed by atoms with Crippen LogP contribution >= 0.6 is 0 Å². The summed E-state index contributed by atoms with van der Waals surface area (Å²) >= 11 is 0. The summed E-state index contributed by atoms with van der Waals surface area (Å²) in [5.74, 6) is -2.40. The number of aliphatic hydroxyl groups is 1. The Morgan fingerprint density at radius 1 is 1.10 bits per heavy atom. The molecule has 21 heavy (non-hydrogen) atoms. The molecular weight excluding hydrogens is 270 g/mol. The van der Waals surface area contributed by atoms with Crippen molar-refractivity contribution in [3.05, 3.63) is 42.0 Å². The predicted octanol–water partition coefficient (Wildman–Crippen LogP) is 1.83. The molecule has 112 valence electrons. The molecule has 1 aliphatic carbocycles. The van der Waals surface area contributed by atoms with Crippen molar-refractivity contribution in [1.29, 1.82) is 0 Å². The van der Waals surface area contributed by atoms with Gasteiger partial charge in [-0.1, -0.05) is 24.3 Å². The van der Waals surface area contributed by atoms with Crippen molar-refractivity contribution in [3.8, 4) is 0 Å². The van der Waals surface area contributed by atoms with Crippen LogP contribution in [0.15, 0.2) is 36.4 Å². The van der Waals surface area contributed by atoms with Crippen molar-refractivity contribution >= 4 is 17.6 Å². The van der Waals surface area contributed by atoms with E-state index in [4.69, 9.17) is 5.11 Å². The predicted molar refractivity (Wildman–Crippen MR) is 78.9 cm³/mol. The standard InChI is InChI=1S/C16H19NO4/c18-10-9-11-5-7-12(8-6-11)17-15(19)13-3-1-2-4-14(13)16(20)21/h1-2,5-8,13-14,18H,3-4,9-10H2,(H,17,19)(H,20,21)/t13-,14+/m1/s1. The summed E-state index contributed by atoms with van der Waals surface area (Å²) in [6, 6.07) is 7.19. The summed E-state index contributed by atoms with van der Waals surface area (Å²) in [5, 5.41) is 20.8. The first-order chi connectivity index (χ1) is 10.1. The number of carbonyl (C=O) groups excluding carboxylic acids is 1. The minimum atomic E-state index is -0.933. The first-order valence-electron chi connectivity index (χ1n) is 7.00. The highest BCUT2D eigenvalue weighted by atomic mass is 16.4. The summed E-state index contributed by atoms with van der Waals surface area (Å²) in [6.45, 7) is 0.0837. The molecule has 0 heterocycles. The Bertz CT molecular complexity index is 536. The van der Waals surface area contributed by atoms with Crippen LogP contribution in [0.25, 0.3) is 0 Å². The average molecular weight is 289 g/mol. The van der Waals surface area contributed by atoms with Gasteiger partial charge in [-0.2, -0.15) is 0 Å². The zero-order valence-corrected chi connectivity index (χ0v) is 11.7. The maximum atomic E-state index is 12.2. The van der Waals surface area contributed by atoms with Gasteiger partial charge in [-0.25, -0.2) is 0 Å². The fourth-order valence-electron chi connectivity index (χ4n) is 2.50. The van der Waals surface area contributed by atoms with Gasteiger partial charge in [0.15, 0.2) is 0 Å². The molecule has 1 aliphatic rings. The molecule has 0 spiro atoms. The maximum Gasteiger partial charge on any atom is 0.307 e. The Balaban J connectivity index is 2.02. The number of rotatable bonds is 5. The Hall–Kier alpha value is -2.14. The number of anilines is 1. The number of nitrogens with one attached hydrogen (secondary N) is 1. The van der Waals surface area contributed by atoms with Crippen molar-refractivity contribution in [1.82, 2.24) is 0 Å². The maximum absolute atomic E-state index is 12.2. The van der Waals surface area contributed by atoms with Gasteiger partial charge >= 0.3 is 5.97 Å². The number of aliphatic hydroxyl groups excluding tert-OH is 1. The molecule has 0 aliphatic heterocycles. The number of carboxylic acids is 1. The van der Waals surface area contributed by atoms with E-state index in [1.54, 1.807) is 12.1 Å². The molecular formula is C16H19NO4. The van der Waals surface area contributed by atoms with E-state index in [2.05, 4.69) is 5.32 Å². The highest BCUT2D eigenvalue weighted by Crippen LogP contribution is 2.27. The quantitative estimate of drug-likeness (QED) is 0.722. The first kappa shape index (κ1) is 15.3. The molecule has 1 amide bonds. The zero-order valence-electron chi connectivity index (χ0n) is 11.7. The fourth-order valence-corrected chi connectivity index (χ4v) is 2.50. The summed E-state index contributed by atoms with van der Waals surface area (Å²) < 4.78 is 0. The van der Waals surface area contributed by atoms with Gasteiger partial charge < -0.3 is 15.5 Å². The van der Waals surface area contributed by atoms with Crippen LogP contribution in [0.4, 0.5) is 5.69 Å². The van der Waals surface area contributed by atoms with Crippen molar-refractivity contribution in [2.24, 2.45) is 11.8 Å². The number of allylic oxidation sites excluding steroid dienone is 2. The summed E-state index contributed by atoms with van der Waals surface area (Å²) in [4.78, 5) is 23.4. The van der Waals surface area contributed by atoms with Crippen molar-refractivity contribution in [2.75, 3.05) is 11.9 Å². The summed E-state index contributed by atoms with van der Waals surface area (Å²) in [6.07, 6.45) is 5.08. The second-order valence-corrected chi connectivity index (χ2v) is 5.15. The molecule has 5 heteroatoms. The number of carbonyl (C=O) groups is 2. The molecule has 5 nitrogen and oxygen atoms in total. The third-order valence-electron chi connectivity index (χ3n) is 3.71. The van der Waals surface area contributed by atoms with Crippen LogP contribution < -0.4 is 5.32 Å². The Morgan fingerprint density at radius 3 is 2.29 bits per heavy atom. The van der Waals surface area contributed by atoms with E-state index in [-0.39, 0.29) is 12.5 Å². The van der Waals surface area contributed by atoms with E-state index in [1.807, 2.05) is 24.3 Å². The lowest BCUT2D eigenvalue weighted by atomic mass is 9.82. The fraction of sp³-hybridized carbons (Fsp3) is 0.375. The Labute approximate surface area is 123 Å². The van der Waals surface area contributed by atoms with Crippen molar-refractivity contribution < 1.29 is 19.8 Å². The molecule has 3 N–H and O–H groups in total. The lowest BCUT2D eigenvalue weighted by Crippen LogP contribution is -2.34. The molecule has 1 aromatic rings. The molecule has 0 aromatic heterocycles. The van der Waals surface area contributed by atoms with Gasteiger partial charge in [-0.3, -0.25) is 9.59 Å². The average Bonchev–Trinajstić information content (AvgIpc) is 2.49. The van der Waals surface area contributed by atoms with E-state index < -0.39 is 17.8 Å². The first-order valence-corrected chi connectivity index (χ1v) is 7.00. The van der Waals surface area contributed by atoms with Crippen molar-refractivity contribution in [2.45, 2.75) is 19.3 Å². The van der Waals surface area contributed by atoms with Crippen LogP contribution in [0, 0.1) is 11.8 Å². The number of hydrogen-bond donors (Lipinski definition) is 3. The number of aliphatic carboxylic acids is 1. The highest BCUT2D eigenvalue weighted by molar-refractivity contribution is 5.95. The third kappa shape index (κ3) is 3.92. The van der Waals surface area contributed by atoms with E-state index in [9.17, 15) is 14.7 Å². The smallest absolute Gasteiger partial charge is 0.307 e. The van der Waals surface area contributed by atoms with Gasteiger partial charge in [0.25, 0.3) is 0 Å². The normalized spacial score (nSPS) is 21.0. The summed E-state index contributed by atoms with van der Waals surface area (Å²) in [5.41, 5.74) is 1.62. The molecule has 2 atom stereocenters. The van der Waals surface area contributed by atoms with E-state index in [1.165, 1.54) is 0 Å². The number of amides is 1. The monoisotopic (exact) mass is 289 g/mol. The lowest BCUT2D eigenvalue weighted by molar-refractivity contribution is -0.146. The van der Waals surface area contributed by atoms with Crippen LogP contribution in [0.5, 0.6) is 0 Å². The van der Waals surface area contributed by atoms with Crippen LogP contribution in [0.3, 0.4) is 0 Å². The topological polar surface area (TPSA) is 86.6 Å². The van der Waals surface area contributed by atoms with Gasteiger partial charge in [0.05, 0.1) is 11.8 Å². The second kappa shape index (κ2) is 7.04. The third-order valence-corrected chi connectivity index (χ3v) is 3.71. The van der Waals surface area contributed by atoms with Gasteiger partial charge in [0.2, 0.25) is 5.91 Å². The lowest BCUT2D eigenvalue weighted by Gasteiger charge is -2.24. The van der Waals surface area contributed by atoms with E-state index in [0.717, 1.165) is 5.56 Å².